The summed E-state index contributed by atoms with van der Waals surface area (Å²) in [5.74, 6) is -2.04. The molecule has 1 aliphatic rings. The molecule has 1 amide bonds. The van der Waals surface area contributed by atoms with Gasteiger partial charge in [-0.05, 0) is 18.2 Å². The first-order chi connectivity index (χ1) is 9.93. The van der Waals surface area contributed by atoms with Gasteiger partial charge < -0.3 is 5.11 Å². The van der Waals surface area contributed by atoms with Crippen LogP contribution >= 0.6 is 0 Å². The first kappa shape index (κ1) is 13.2. The van der Waals surface area contributed by atoms with E-state index in [9.17, 15) is 18.0 Å². The number of aromatic nitrogens is 2. The number of aromatic carboxylic acids is 1. The molecule has 0 aliphatic carbocycles. The van der Waals surface area contributed by atoms with E-state index < -0.39 is 21.9 Å². The predicted octanol–water partition coefficient (Wildman–Crippen LogP) is 0.524. The highest BCUT2D eigenvalue weighted by molar-refractivity contribution is 7.94. The predicted molar refractivity (Wildman–Crippen MR) is 69.4 cm³/mol. The zero-order chi connectivity index (χ0) is 15.2. The van der Waals surface area contributed by atoms with Gasteiger partial charge in [0.2, 0.25) is 0 Å². The molecule has 0 atom stereocenters. The lowest BCUT2D eigenvalue weighted by molar-refractivity contribution is 0.0696. The van der Waals surface area contributed by atoms with Gasteiger partial charge in [0, 0.05) is 0 Å². The molecule has 1 aliphatic heterocycles. The van der Waals surface area contributed by atoms with Crippen molar-refractivity contribution in [2.45, 2.75) is 4.90 Å². The van der Waals surface area contributed by atoms with Gasteiger partial charge >= 0.3 is 5.97 Å². The molecule has 2 heterocycles. The average molecular weight is 305 g/mol. The first-order valence-corrected chi connectivity index (χ1v) is 7.09. The summed E-state index contributed by atoms with van der Waals surface area (Å²) in [4.78, 5) is 30.2. The Morgan fingerprint density at radius 3 is 2.48 bits per heavy atom. The summed E-state index contributed by atoms with van der Waals surface area (Å²) in [7, 11) is -4.16. The molecule has 21 heavy (non-hydrogen) atoms. The van der Waals surface area contributed by atoms with Gasteiger partial charge in [-0.25, -0.2) is 23.2 Å². The van der Waals surface area contributed by atoms with Crippen LogP contribution in [0.2, 0.25) is 0 Å². The lowest BCUT2D eigenvalue weighted by Gasteiger charge is -2.13. The monoisotopic (exact) mass is 305 g/mol. The molecule has 3 rings (SSSR count). The second-order valence-electron chi connectivity index (χ2n) is 4.19. The number of carbonyl (C=O) groups excluding carboxylic acids is 1. The summed E-state index contributed by atoms with van der Waals surface area (Å²) in [5.41, 5.74) is -0.296. The van der Waals surface area contributed by atoms with Crippen molar-refractivity contribution in [3.8, 4) is 0 Å². The molecule has 0 radical (unpaired) electrons. The van der Waals surface area contributed by atoms with Crippen molar-refractivity contribution in [2.24, 2.45) is 0 Å². The minimum absolute atomic E-state index is 0.00410. The topological polar surface area (TPSA) is 118 Å². The number of amides is 1. The fourth-order valence-corrected chi connectivity index (χ4v) is 3.61. The van der Waals surface area contributed by atoms with E-state index in [-0.39, 0.29) is 21.7 Å². The third-order valence-electron chi connectivity index (χ3n) is 2.94. The first-order valence-electron chi connectivity index (χ1n) is 5.65. The molecule has 1 aromatic heterocycles. The molecular formula is C12H7N3O5S. The number of carboxylic acid groups (broad SMARTS) is 1. The molecular weight excluding hydrogens is 298 g/mol. The van der Waals surface area contributed by atoms with Crippen LogP contribution in [-0.2, 0) is 10.0 Å². The summed E-state index contributed by atoms with van der Waals surface area (Å²) in [5, 5.41) is 8.92. The Morgan fingerprint density at radius 2 is 1.86 bits per heavy atom. The number of rotatable bonds is 2. The van der Waals surface area contributed by atoms with Crippen LogP contribution in [0.15, 0.2) is 41.8 Å². The minimum Gasteiger partial charge on any atom is -0.478 e. The maximum atomic E-state index is 12.4. The molecule has 0 bridgehead atoms. The van der Waals surface area contributed by atoms with Crippen LogP contribution in [0.5, 0.6) is 0 Å². The Labute approximate surface area is 118 Å². The van der Waals surface area contributed by atoms with Crippen molar-refractivity contribution in [2.75, 3.05) is 4.31 Å². The van der Waals surface area contributed by atoms with Crippen LogP contribution in [0, 0.1) is 0 Å². The van der Waals surface area contributed by atoms with Crippen molar-refractivity contribution in [1.29, 1.82) is 0 Å². The third kappa shape index (κ3) is 1.86. The number of benzene rings is 1. The quantitative estimate of drug-likeness (QED) is 0.859. The second-order valence-corrected chi connectivity index (χ2v) is 5.94. The Balaban J connectivity index is 2.22. The summed E-state index contributed by atoms with van der Waals surface area (Å²) in [6, 6.07) is 3.33. The summed E-state index contributed by atoms with van der Waals surface area (Å²) >= 11 is 0. The maximum absolute atomic E-state index is 12.4. The molecule has 1 aromatic carbocycles. The van der Waals surface area contributed by atoms with Crippen LogP contribution in [0.3, 0.4) is 0 Å². The summed E-state index contributed by atoms with van der Waals surface area (Å²) in [6.45, 7) is 0. The van der Waals surface area contributed by atoms with Crippen LogP contribution < -0.4 is 4.31 Å². The van der Waals surface area contributed by atoms with E-state index in [1.54, 1.807) is 0 Å². The molecule has 8 nitrogen and oxygen atoms in total. The molecule has 0 saturated heterocycles. The number of hydrogen-bond acceptors (Lipinski definition) is 6. The third-order valence-corrected chi connectivity index (χ3v) is 4.69. The second kappa shape index (κ2) is 4.35. The number of carbonyl (C=O) groups is 2. The van der Waals surface area contributed by atoms with Gasteiger partial charge in [-0.15, -0.1) is 0 Å². The molecule has 1 N–H and O–H groups in total. The van der Waals surface area contributed by atoms with Crippen LogP contribution in [0.1, 0.15) is 20.7 Å². The lowest BCUT2D eigenvalue weighted by Crippen LogP contribution is -2.29. The highest BCUT2D eigenvalue weighted by Gasteiger charge is 2.42. The van der Waals surface area contributed by atoms with E-state index in [0.717, 1.165) is 6.07 Å². The molecule has 0 saturated carbocycles. The van der Waals surface area contributed by atoms with Crippen molar-refractivity contribution < 1.29 is 23.1 Å². The number of sulfonamides is 1. The van der Waals surface area contributed by atoms with E-state index in [1.807, 2.05) is 0 Å². The van der Waals surface area contributed by atoms with E-state index in [1.165, 1.54) is 30.9 Å². The summed E-state index contributed by atoms with van der Waals surface area (Å²) < 4.78 is 25.4. The number of fused-ring (bicyclic) bond motifs is 1. The lowest BCUT2D eigenvalue weighted by atomic mass is 10.1. The van der Waals surface area contributed by atoms with Crippen molar-refractivity contribution in [3.63, 3.8) is 0 Å². The normalized spacial score (nSPS) is 15.8. The van der Waals surface area contributed by atoms with Gasteiger partial charge in [-0.3, -0.25) is 4.79 Å². The zero-order valence-corrected chi connectivity index (χ0v) is 11.1. The highest BCUT2D eigenvalue weighted by Crippen LogP contribution is 2.34. The van der Waals surface area contributed by atoms with E-state index in [0.29, 0.717) is 4.31 Å². The van der Waals surface area contributed by atoms with Crippen LogP contribution in [-0.4, -0.2) is 35.4 Å². The Bertz CT molecular complexity index is 864. The highest BCUT2D eigenvalue weighted by atomic mass is 32.2. The van der Waals surface area contributed by atoms with Gasteiger partial charge in [0.25, 0.3) is 15.9 Å². The molecule has 9 heteroatoms. The van der Waals surface area contributed by atoms with Gasteiger partial charge in [0.05, 0.1) is 29.2 Å². The fraction of sp³-hybridized carbons (Fsp3) is 0. The Kier molecular flexibility index (Phi) is 2.73. The van der Waals surface area contributed by atoms with Gasteiger partial charge in [0.1, 0.15) is 11.2 Å². The smallest absolute Gasteiger partial charge is 0.335 e. The average Bonchev–Trinajstić information content (AvgIpc) is 2.66. The maximum Gasteiger partial charge on any atom is 0.335 e. The van der Waals surface area contributed by atoms with E-state index in [4.69, 9.17) is 5.11 Å². The van der Waals surface area contributed by atoms with E-state index >= 15 is 0 Å². The number of anilines is 1. The molecule has 106 valence electrons. The van der Waals surface area contributed by atoms with Gasteiger partial charge in [-0.1, -0.05) is 0 Å². The largest absolute Gasteiger partial charge is 0.478 e. The van der Waals surface area contributed by atoms with Gasteiger partial charge in [0.15, 0.2) is 0 Å². The van der Waals surface area contributed by atoms with E-state index in [2.05, 4.69) is 9.97 Å². The number of nitrogens with zero attached hydrogens (tertiary/aromatic N) is 3. The minimum atomic E-state index is -4.16. The molecule has 2 aromatic rings. The molecule has 0 spiro atoms. The van der Waals surface area contributed by atoms with Gasteiger partial charge in [-0.2, -0.15) is 4.31 Å². The van der Waals surface area contributed by atoms with Crippen molar-refractivity contribution in [3.05, 3.63) is 48.0 Å². The van der Waals surface area contributed by atoms with Crippen LogP contribution in [0.25, 0.3) is 0 Å². The van der Waals surface area contributed by atoms with Crippen LogP contribution in [0.4, 0.5) is 5.69 Å². The number of hydrogen-bond donors (Lipinski definition) is 1. The standard InChI is InChI=1S/C12H7N3O5S/c16-11-9-2-1-7(12(17)18)3-10(9)21(19,20)15(11)8-4-13-6-14-5-8/h1-6H,(H,17,18). The zero-order valence-electron chi connectivity index (χ0n) is 10.3. The van der Waals surface area contributed by atoms with Crippen molar-refractivity contribution >= 4 is 27.6 Å². The Hall–Kier alpha value is -2.81. The summed E-state index contributed by atoms with van der Waals surface area (Å²) in [6.07, 6.45) is 3.57. The number of carboxylic acids is 1. The Morgan fingerprint density at radius 1 is 1.19 bits per heavy atom. The fourth-order valence-electron chi connectivity index (χ4n) is 2.01. The SMILES string of the molecule is O=C(O)c1ccc2c(c1)S(=O)(=O)N(c1cncnc1)C2=O. The van der Waals surface area contributed by atoms with Crippen molar-refractivity contribution in [1.82, 2.24) is 9.97 Å². The molecule has 0 unspecified atom stereocenters. The molecule has 0 fully saturated rings.